The molecule has 0 aromatic rings. The first-order valence-electron chi connectivity index (χ1n) is 2.37. The van der Waals surface area contributed by atoms with E-state index in [4.69, 9.17) is 15.0 Å². The normalized spacial score (nSPS) is 9.15. The van der Waals surface area contributed by atoms with Crippen LogP contribution in [0.4, 0.5) is 0 Å². The number of amides is 1. The zero-order valence-electron chi connectivity index (χ0n) is 7.25. The van der Waals surface area contributed by atoms with Gasteiger partial charge in [-0.2, -0.15) is 0 Å². The Hall–Kier alpha value is 1.25. The maximum Gasteiger partial charge on any atom is 0.393 e. The molecule has 2 radical (unpaired) electrons. The molecule has 1 amide bonds. The van der Waals surface area contributed by atoms with E-state index in [0.717, 1.165) is 0 Å². The number of hydrogen-bond acceptors (Lipinski definition) is 4. The van der Waals surface area contributed by atoms with E-state index in [1.54, 1.807) is 0 Å². The third-order valence-corrected chi connectivity index (χ3v) is 1.54. The molecule has 0 rings (SSSR count). The fourth-order valence-electron chi connectivity index (χ4n) is 0.268. The Balaban J connectivity index is -0.000000500. The molecule has 0 aliphatic carbocycles. The van der Waals surface area contributed by atoms with Gasteiger partial charge in [-0.15, -0.1) is 0 Å². The van der Waals surface area contributed by atoms with Crippen LogP contribution in [-0.2, 0) is 14.2 Å². The first kappa shape index (κ1) is 19.8. The van der Waals surface area contributed by atoms with Gasteiger partial charge in [-0.3, -0.25) is 19.4 Å². The van der Waals surface area contributed by atoms with Gasteiger partial charge in [0.15, 0.2) is 0 Å². The molecular formula is C3H6NNa2O6P. The van der Waals surface area contributed by atoms with Gasteiger partial charge < -0.3 is 9.79 Å². The molecule has 0 unspecified atom stereocenters. The van der Waals surface area contributed by atoms with Crippen LogP contribution in [0.3, 0.4) is 0 Å². The minimum absolute atomic E-state index is 0. The van der Waals surface area contributed by atoms with Crippen molar-refractivity contribution in [3.63, 3.8) is 0 Å². The summed E-state index contributed by atoms with van der Waals surface area (Å²) in [6.07, 6.45) is -0.131. The molecule has 13 heavy (non-hydrogen) atoms. The monoisotopic (exact) mass is 229 g/mol. The van der Waals surface area contributed by atoms with Crippen molar-refractivity contribution in [2.75, 3.05) is 6.54 Å². The van der Waals surface area contributed by atoms with E-state index in [1.165, 1.54) is 0 Å². The number of carbonyl (C=O) groups excluding carboxylic acids is 2. The molecular weight excluding hydrogens is 223 g/mol. The Kier molecular flexibility index (Phi) is 13.0. The predicted molar refractivity (Wildman–Crippen MR) is 43.1 cm³/mol. The number of hydroxylamine groups is 2. The molecule has 3 N–H and O–H groups in total. The number of nitrogens with zero attached hydrogens (tertiary/aromatic N) is 1. The van der Waals surface area contributed by atoms with Gasteiger partial charge in [0.05, 0.1) is 0 Å². The standard InChI is InChI=1S/C3H6NO6P.2Na/c5-2-4(7)1-3(6)11(8,9)10;;/h2,7H,1H2,(H2,8,9,10);;. The second kappa shape index (κ2) is 8.55. The molecule has 7 nitrogen and oxygen atoms in total. The maximum atomic E-state index is 10.3. The molecule has 0 aromatic heterocycles. The van der Waals surface area contributed by atoms with E-state index in [-0.39, 0.29) is 70.6 Å². The minimum atomic E-state index is -4.82. The molecule has 0 saturated carbocycles. The van der Waals surface area contributed by atoms with Gasteiger partial charge in [0.25, 0.3) is 5.52 Å². The van der Waals surface area contributed by atoms with Gasteiger partial charge in [0.2, 0.25) is 6.41 Å². The maximum absolute atomic E-state index is 10.3. The summed E-state index contributed by atoms with van der Waals surface area (Å²) in [6, 6.07) is 0. The van der Waals surface area contributed by atoms with Gasteiger partial charge in [-0.25, -0.2) is 5.06 Å². The summed E-state index contributed by atoms with van der Waals surface area (Å²) in [5.74, 6) is 0. The van der Waals surface area contributed by atoms with E-state index in [9.17, 15) is 14.2 Å². The van der Waals surface area contributed by atoms with Crippen LogP contribution >= 0.6 is 7.60 Å². The topological polar surface area (TPSA) is 115 Å². The van der Waals surface area contributed by atoms with Crippen LogP contribution in [0, 0.1) is 0 Å². The quantitative estimate of drug-likeness (QED) is 0.165. The largest absolute Gasteiger partial charge is 0.393 e. The van der Waals surface area contributed by atoms with Gasteiger partial charge in [-0.05, 0) is 0 Å². The molecule has 0 heterocycles. The van der Waals surface area contributed by atoms with E-state index >= 15 is 0 Å². The molecule has 0 saturated heterocycles. The van der Waals surface area contributed by atoms with Gasteiger partial charge in [0.1, 0.15) is 6.54 Å². The zero-order chi connectivity index (χ0) is 9.07. The Labute approximate surface area is 118 Å². The fraction of sp³-hybridized carbons (Fsp3) is 0.333. The summed E-state index contributed by atoms with van der Waals surface area (Å²) in [6.45, 7) is -1.01. The first-order chi connectivity index (χ1) is 4.88. The Morgan fingerprint density at radius 3 is 2.00 bits per heavy atom. The van der Waals surface area contributed by atoms with E-state index in [0.29, 0.717) is 0 Å². The van der Waals surface area contributed by atoms with Gasteiger partial charge >= 0.3 is 7.60 Å². The van der Waals surface area contributed by atoms with Crippen LogP contribution in [0.1, 0.15) is 0 Å². The fourth-order valence-corrected chi connectivity index (χ4v) is 0.597. The third-order valence-electron chi connectivity index (χ3n) is 0.744. The van der Waals surface area contributed by atoms with Crippen molar-refractivity contribution in [3.05, 3.63) is 0 Å². The van der Waals surface area contributed by atoms with Crippen molar-refractivity contribution in [2.45, 2.75) is 0 Å². The van der Waals surface area contributed by atoms with Crippen molar-refractivity contribution >= 4 is 78.6 Å². The molecule has 0 aliphatic rings. The summed E-state index contributed by atoms with van der Waals surface area (Å²) in [7, 11) is -4.82. The second-order valence-corrected chi connectivity index (χ2v) is 3.23. The molecule has 0 fully saturated rings. The molecule has 0 atom stereocenters. The van der Waals surface area contributed by atoms with Crippen LogP contribution < -0.4 is 0 Å². The Morgan fingerprint density at radius 2 is 1.77 bits per heavy atom. The molecule has 0 aromatic carbocycles. The van der Waals surface area contributed by atoms with Crippen molar-refractivity contribution in [3.8, 4) is 0 Å². The Bertz CT molecular complexity index is 216. The average Bonchev–Trinajstić information content (AvgIpc) is 1.85. The zero-order valence-corrected chi connectivity index (χ0v) is 12.1. The van der Waals surface area contributed by atoms with Crippen LogP contribution in [-0.4, -0.2) is 97.7 Å². The molecule has 0 spiro atoms. The predicted octanol–water partition coefficient (Wildman–Crippen LogP) is -2.22. The molecule has 10 heteroatoms. The number of hydrogen-bond donors (Lipinski definition) is 3. The summed E-state index contributed by atoms with van der Waals surface area (Å²) >= 11 is 0. The van der Waals surface area contributed by atoms with E-state index < -0.39 is 19.7 Å². The van der Waals surface area contributed by atoms with Crippen LogP contribution in [0.5, 0.6) is 0 Å². The van der Waals surface area contributed by atoms with Crippen molar-refractivity contribution in [1.29, 1.82) is 0 Å². The van der Waals surface area contributed by atoms with Gasteiger partial charge in [-0.1, -0.05) is 0 Å². The average molecular weight is 229 g/mol. The summed E-state index contributed by atoms with van der Waals surface area (Å²) in [5, 5.41) is 8.14. The summed E-state index contributed by atoms with van der Waals surface area (Å²) < 4.78 is 10.1. The minimum Gasteiger partial charge on any atom is -0.319 e. The van der Waals surface area contributed by atoms with E-state index in [2.05, 4.69) is 0 Å². The first-order valence-corrected chi connectivity index (χ1v) is 3.99. The summed E-state index contributed by atoms with van der Waals surface area (Å²) in [5.41, 5.74) is -1.51. The molecule has 0 bridgehead atoms. The van der Waals surface area contributed by atoms with Crippen molar-refractivity contribution in [1.82, 2.24) is 5.06 Å². The van der Waals surface area contributed by atoms with Gasteiger partial charge in [0, 0.05) is 59.1 Å². The van der Waals surface area contributed by atoms with Crippen LogP contribution in [0.15, 0.2) is 0 Å². The second-order valence-electron chi connectivity index (χ2n) is 1.64. The van der Waals surface area contributed by atoms with Crippen LogP contribution in [0.25, 0.3) is 0 Å². The van der Waals surface area contributed by atoms with E-state index in [1.807, 2.05) is 0 Å². The molecule has 0 aliphatic heterocycles. The SMILES string of the molecule is O=CN(O)CC(=O)P(=O)(O)O.[Na].[Na]. The van der Waals surface area contributed by atoms with Crippen LogP contribution in [0.2, 0.25) is 0 Å². The van der Waals surface area contributed by atoms with Crippen molar-refractivity contribution in [2.24, 2.45) is 0 Å². The third kappa shape index (κ3) is 9.55. The smallest absolute Gasteiger partial charge is 0.319 e. The Morgan fingerprint density at radius 1 is 1.38 bits per heavy atom. The number of rotatable bonds is 4. The molecule has 66 valence electrons. The van der Waals surface area contributed by atoms with Crippen molar-refractivity contribution < 1.29 is 29.1 Å². The number of carbonyl (C=O) groups is 2. The summed E-state index contributed by atoms with van der Waals surface area (Å²) in [4.78, 5) is 36.2.